The average Bonchev–Trinajstić information content (AvgIpc) is 3.01. The molecule has 1 aliphatic carbocycles. The summed E-state index contributed by atoms with van der Waals surface area (Å²) in [7, 11) is 0. The number of nitrogens with zero attached hydrogens (tertiary/aromatic N) is 3. The van der Waals surface area contributed by atoms with Gasteiger partial charge in [0.1, 0.15) is 6.54 Å². The molecule has 5 heteroatoms. The van der Waals surface area contributed by atoms with E-state index < -0.39 is 0 Å². The van der Waals surface area contributed by atoms with Crippen molar-refractivity contribution in [1.29, 1.82) is 0 Å². The van der Waals surface area contributed by atoms with Gasteiger partial charge < -0.3 is 10.6 Å². The van der Waals surface area contributed by atoms with Crippen molar-refractivity contribution in [2.75, 3.05) is 18.8 Å². The molecule has 2 N–H and O–H groups in total. The molecule has 0 atom stereocenters. The predicted molar refractivity (Wildman–Crippen MR) is 64.8 cm³/mol. The Kier molecular flexibility index (Phi) is 3.33. The highest BCUT2D eigenvalue weighted by Crippen LogP contribution is 2.29. The van der Waals surface area contributed by atoms with E-state index in [2.05, 4.69) is 11.0 Å². The maximum Gasteiger partial charge on any atom is 0.245 e. The molecule has 17 heavy (non-hydrogen) atoms. The van der Waals surface area contributed by atoms with Gasteiger partial charge in [0.05, 0.1) is 18.4 Å². The Bertz CT molecular complexity index is 442. The van der Waals surface area contributed by atoms with Crippen LogP contribution in [-0.4, -0.2) is 33.7 Å². The normalized spacial score (nSPS) is 14.3. The van der Waals surface area contributed by atoms with Gasteiger partial charge in [0.15, 0.2) is 0 Å². The van der Waals surface area contributed by atoms with Gasteiger partial charge in [-0.2, -0.15) is 5.10 Å². The number of nitrogen functional groups attached to an aromatic ring is 1. The van der Waals surface area contributed by atoms with Crippen LogP contribution in [0.4, 0.5) is 5.69 Å². The van der Waals surface area contributed by atoms with E-state index in [0.29, 0.717) is 18.2 Å². The van der Waals surface area contributed by atoms with Crippen molar-refractivity contribution in [1.82, 2.24) is 14.7 Å². The number of hydrogen-bond donors (Lipinski definition) is 1. The molecule has 90 valence electrons. The van der Waals surface area contributed by atoms with E-state index in [9.17, 15) is 4.79 Å². The Morgan fingerprint density at radius 1 is 1.71 bits per heavy atom. The van der Waals surface area contributed by atoms with Crippen LogP contribution in [0.25, 0.3) is 0 Å². The summed E-state index contributed by atoms with van der Waals surface area (Å²) in [6.07, 6.45) is 10.8. The van der Waals surface area contributed by atoms with Gasteiger partial charge in [0, 0.05) is 12.7 Å². The molecule has 0 spiro atoms. The first-order chi connectivity index (χ1) is 8.19. The van der Waals surface area contributed by atoms with Crippen molar-refractivity contribution in [3.05, 3.63) is 12.4 Å². The molecule has 1 amide bonds. The zero-order valence-electron chi connectivity index (χ0n) is 9.67. The molecular weight excluding hydrogens is 216 g/mol. The molecule has 0 radical (unpaired) electrons. The zero-order chi connectivity index (χ0) is 12.3. The van der Waals surface area contributed by atoms with Gasteiger partial charge in [0.25, 0.3) is 0 Å². The number of rotatable bonds is 5. The van der Waals surface area contributed by atoms with Gasteiger partial charge in [-0.1, -0.05) is 5.92 Å². The van der Waals surface area contributed by atoms with Crippen LogP contribution < -0.4 is 5.73 Å². The molecule has 1 aromatic heterocycles. The van der Waals surface area contributed by atoms with E-state index >= 15 is 0 Å². The zero-order valence-corrected chi connectivity index (χ0v) is 9.67. The van der Waals surface area contributed by atoms with Gasteiger partial charge >= 0.3 is 0 Å². The molecule has 0 aliphatic heterocycles. The number of anilines is 1. The first kappa shape index (κ1) is 11.5. The fraction of sp³-hybridized carbons (Fsp3) is 0.500. The van der Waals surface area contributed by atoms with Gasteiger partial charge in [-0.05, 0) is 18.8 Å². The standard InChI is InChI=1S/C12H16N4O/c1-2-5-15(7-10-3-4-10)12(17)9-16-8-11(13)6-14-16/h1,6,8,10H,3-5,7,9,13H2. The van der Waals surface area contributed by atoms with Crippen LogP contribution in [0.15, 0.2) is 12.4 Å². The Balaban J connectivity index is 1.93. The van der Waals surface area contributed by atoms with E-state index in [1.807, 2.05) is 0 Å². The lowest BCUT2D eigenvalue weighted by atomic mass is 10.3. The van der Waals surface area contributed by atoms with Crippen LogP contribution in [0, 0.1) is 18.3 Å². The summed E-state index contributed by atoms with van der Waals surface area (Å²) < 4.78 is 1.54. The SMILES string of the molecule is C#CCN(CC1CC1)C(=O)Cn1cc(N)cn1. The largest absolute Gasteiger partial charge is 0.396 e. The second-order valence-electron chi connectivity index (χ2n) is 4.39. The quantitative estimate of drug-likeness (QED) is 0.744. The summed E-state index contributed by atoms with van der Waals surface area (Å²) in [6.45, 7) is 1.33. The molecule has 0 saturated heterocycles. The summed E-state index contributed by atoms with van der Waals surface area (Å²) in [5.74, 6) is 3.16. The van der Waals surface area contributed by atoms with Crippen molar-refractivity contribution in [2.45, 2.75) is 19.4 Å². The second kappa shape index (κ2) is 4.91. The monoisotopic (exact) mass is 232 g/mol. The predicted octanol–water partition coefficient (Wildman–Crippen LogP) is 0.337. The molecule has 0 unspecified atom stereocenters. The first-order valence-corrected chi connectivity index (χ1v) is 5.68. The summed E-state index contributed by atoms with van der Waals surface area (Å²) in [6, 6.07) is 0. The lowest BCUT2D eigenvalue weighted by molar-refractivity contribution is -0.131. The molecule has 1 heterocycles. The minimum Gasteiger partial charge on any atom is -0.396 e. The lowest BCUT2D eigenvalue weighted by Gasteiger charge is -2.19. The van der Waals surface area contributed by atoms with Crippen LogP contribution in [0.3, 0.4) is 0 Å². The van der Waals surface area contributed by atoms with Crippen molar-refractivity contribution >= 4 is 11.6 Å². The van der Waals surface area contributed by atoms with Crippen LogP contribution >= 0.6 is 0 Å². The van der Waals surface area contributed by atoms with Crippen LogP contribution in [0.5, 0.6) is 0 Å². The molecule has 2 rings (SSSR count). The Hall–Kier alpha value is -1.96. The molecule has 1 aliphatic rings. The molecule has 1 fully saturated rings. The topological polar surface area (TPSA) is 64.2 Å². The summed E-state index contributed by atoms with van der Waals surface area (Å²) in [5.41, 5.74) is 6.10. The maximum atomic E-state index is 12.0. The van der Waals surface area contributed by atoms with Gasteiger partial charge in [0.2, 0.25) is 5.91 Å². The molecule has 1 saturated carbocycles. The number of carbonyl (C=O) groups excluding carboxylic acids is 1. The number of amides is 1. The van der Waals surface area contributed by atoms with Gasteiger partial charge in [-0.25, -0.2) is 0 Å². The van der Waals surface area contributed by atoms with E-state index in [1.165, 1.54) is 23.7 Å². The first-order valence-electron chi connectivity index (χ1n) is 5.68. The fourth-order valence-electron chi connectivity index (χ4n) is 1.68. The number of terminal acetylenes is 1. The number of hydrogen-bond acceptors (Lipinski definition) is 3. The average molecular weight is 232 g/mol. The smallest absolute Gasteiger partial charge is 0.245 e. The molecule has 5 nitrogen and oxygen atoms in total. The minimum atomic E-state index is -0.00190. The molecular formula is C12H16N4O. The summed E-state index contributed by atoms with van der Waals surface area (Å²) in [5, 5.41) is 3.99. The molecule has 0 bridgehead atoms. The van der Waals surface area contributed by atoms with Crippen molar-refractivity contribution in [2.24, 2.45) is 5.92 Å². The van der Waals surface area contributed by atoms with E-state index in [0.717, 1.165) is 6.54 Å². The van der Waals surface area contributed by atoms with E-state index in [4.69, 9.17) is 12.2 Å². The number of nitrogens with two attached hydrogens (primary N) is 1. The third-order valence-corrected chi connectivity index (χ3v) is 2.76. The number of aromatic nitrogens is 2. The maximum absolute atomic E-state index is 12.0. The number of carbonyl (C=O) groups is 1. The Morgan fingerprint density at radius 2 is 2.47 bits per heavy atom. The highest BCUT2D eigenvalue weighted by atomic mass is 16.2. The van der Waals surface area contributed by atoms with Crippen LogP contribution in [0.1, 0.15) is 12.8 Å². The lowest BCUT2D eigenvalue weighted by Crippen LogP contribution is -2.35. The van der Waals surface area contributed by atoms with Crippen molar-refractivity contribution < 1.29 is 4.79 Å². The van der Waals surface area contributed by atoms with Gasteiger partial charge in [-0.15, -0.1) is 6.42 Å². The third-order valence-electron chi connectivity index (χ3n) is 2.76. The van der Waals surface area contributed by atoms with E-state index in [-0.39, 0.29) is 12.5 Å². The summed E-state index contributed by atoms with van der Waals surface area (Å²) in [4.78, 5) is 13.7. The van der Waals surface area contributed by atoms with Crippen LogP contribution in [0.2, 0.25) is 0 Å². The highest BCUT2D eigenvalue weighted by molar-refractivity contribution is 5.76. The Labute approximate surface area is 101 Å². The third kappa shape index (κ3) is 3.25. The molecule has 0 aromatic carbocycles. The van der Waals surface area contributed by atoms with Crippen molar-refractivity contribution in [3.63, 3.8) is 0 Å². The Morgan fingerprint density at radius 3 is 3.00 bits per heavy atom. The highest BCUT2D eigenvalue weighted by Gasteiger charge is 2.26. The second-order valence-corrected chi connectivity index (χ2v) is 4.39. The van der Waals surface area contributed by atoms with Crippen LogP contribution in [-0.2, 0) is 11.3 Å². The van der Waals surface area contributed by atoms with Crippen molar-refractivity contribution in [3.8, 4) is 12.3 Å². The minimum absolute atomic E-state index is 0.00190. The summed E-state index contributed by atoms with van der Waals surface area (Å²) >= 11 is 0. The van der Waals surface area contributed by atoms with Gasteiger partial charge in [-0.3, -0.25) is 9.48 Å². The fourth-order valence-corrected chi connectivity index (χ4v) is 1.68. The van der Waals surface area contributed by atoms with E-state index in [1.54, 1.807) is 11.1 Å². The molecule has 1 aromatic rings.